The average Bonchev–Trinajstić information content (AvgIpc) is 2.77. The number of para-hydroxylation sites is 1. The molecular formula is C27H32N2O3S. The van der Waals surface area contributed by atoms with Crippen LogP contribution in [-0.2, 0) is 23.0 Å². The number of nitrogens with zero attached hydrogens (tertiary/aromatic N) is 1. The molecule has 0 spiro atoms. The van der Waals surface area contributed by atoms with Gasteiger partial charge in [0.2, 0.25) is 10.0 Å². The van der Waals surface area contributed by atoms with Crippen LogP contribution in [0.1, 0.15) is 44.6 Å². The highest BCUT2D eigenvalue weighted by atomic mass is 32.2. The van der Waals surface area contributed by atoms with Gasteiger partial charge in [0.1, 0.15) is 0 Å². The topological polar surface area (TPSA) is 66.5 Å². The van der Waals surface area contributed by atoms with Gasteiger partial charge in [0.05, 0.1) is 18.5 Å². The van der Waals surface area contributed by atoms with Gasteiger partial charge in [-0.3, -0.25) is 9.10 Å². The summed E-state index contributed by atoms with van der Waals surface area (Å²) in [6, 6.07) is 21.3. The molecule has 1 amide bonds. The second kappa shape index (κ2) is 10.7. The number of anilines is 1. The first-order valence-corrected chi connectivity index (χ1v) is 13.0. The molecule has 3 rings (SSSR count). The zero-order chi connectivity index (χ0) is 24.0. The molecule has 0 unspecified atom stereocenters. The van der Waals surface area contributed by atoms with E-state index in [-0.39, 0.29) is 12.5 Å². The third-order valence-electron chi connectivity index (χ3n) is 5.68. The maximum Gasteiger partial charge on any atom is 0.251 e. The van der Waals surface area contributed by atoms with Crippen LogP contribution in [0.5, 0.6) is 0 Å². The second-order valence-electron chi connectivity index (χ2n) is 8.55. The van der Waals surface area contributed by atoms with Crippen molar-refractivity contribution in [2.75, 3.05) is 17.1 Å². The van der Waals surface area contributed by atoms with Gasteiger partial charge >= 0.3 is 0 Å². The molecular weight excluding hydrogens is 432 g/mol. The van der Waals surface area contributed by atoms with Gasteiger partial charge in [-0.15, -0.1) is 0 Å². The summed E-state index contributed by atoms with van der Waals surface area (Å²) in [5.41, 5.74) is 6.40. The number of rotatable bonds is 9. The Bertz CT molecular complexity index is 1180. The number of nitrogens with one attached hydrogen (secondary N) is 1. The summed E-state index contributed by atoms with van der Waals surface area (Å²) in [5, 5.41) is 2.96. The number of carbonyl (C=O) groups is 1. The van der Waals surface area contributed by atoms with Gasteiger partial charge in [-0.2, -0.15) is 0 Å². The molecule has 0 saturated carbocycles. The Morgan fingerprint density at radius 2 is 1.42 bits per heavy atom. The summed E-state index contributed by atoms with van der Waals surface area (Å²) in [6.45, 7) is 6.70. The molecule has 0 saturated heterocycles. The largest absolute Gasteiger partial charge is 0.352 e. The molecule has 3 aromatic rings. The summed E-state index contributed by atoms with van der Waals surface area (Å²) in [4.78, 5) is 12.5. The number of hydrogen-bond donors (Lipinski definition) is 1. The number of sulfonamides is 1. The van der Waals surface area contributed by atoms with Gasteiger partial charge < -0.3 is 5.32 Å². The van der Waals surface area contributed by atoms with E-state index in [4.69, 9.17) is 0 Å². The lowest BCUT2D eigenvalue weighted by Gasteiger charge is -2.26. The summed E-state index contributed by atoms with van der Waals surface area (Å²) < 4.78 is 26.5. The maximum atomic E-state index is 12.5. The molecule has 0 aliphatic heterocycles. The van der Waals surface area contributed by atoms with E-state index in [0.29, 0.717) is 17.8 Å². The highest BCUT2D eigenvalue weighted by Gasteiger charge is 2.21. The molecule has 1 N–H and O–H groups in total. The SMILES string of the molecule is Cc1ccc(CCCNC(=O)c2ccc(CN(c3c(C)cccc3C)S(C)(=O)=O)cc2)cc1. The van der Waals surface area contributed by atoms with Crippen LogP contribution in [0.25, 0.3) is 0 Å². The maximum absolute atomic E-state index is 12.5. The fraction of sp³-hybridized carbons (Fsp3) is 0.296. The number of benzene rings is 3. The van der Waals surface area contributed by atoms with Crippen molar-refractivity contribution in [1.29, 1.82) is 0 Å². The van der Waals surface area contributed by atoms with Crippen molar-refractivity contribution >= 4 is 21.6 Å². The second-order valence-corrected chi connectivity index (χ2v) is 10.5. The van der Waals surface area contributed by atoms with Crippen LogP contribution in [0.3, 0.4) is 0 Å². The van der Waals surface area contributed by atoms with Crippen molar-refractivity contribution in [3.8, 4) is 0 Å². The Morgan fingerprint density at radius 3 is 2.00 bits per heavy atom. The van der Waals surface area contributed by atoms with Gasteiger partial charge in [0.25, 0.3) is 5.91 Å². The third kappa shape index (κ3) is 6.68. The molecule has 0 bridgehead atoms. The molecule has 0 fully saturated rings. The molecule has 3 aromatic carbocycles. The third-order valence-corrected chi connectivity index (χ3v) is 6.79. The fourth-order valence-corrected chi connectivity index (χ4v) is 4.84. The molecule has 0 heterocycles. The van der Waals surface area contributed by atoms with Crippen LogP contribution in [0.15, 0.2) is 66.7 Å². The first-order chi connectivity index (χ1) is 15.6. The predicted molar refractivity (Wildman–Crippen MR) is 135 cm³/mol. The van der Waals surface area contributed by atoms with Crippen molar-refractivity contribution in [3.63, 3.8) is 0 Å². The van der Waals surface area contributed by atoms with Gasteiger partial charge in [-0.1, -0.05) is 60.2 Å². The minimum absolute atomic E-state index is 0.125. The smallest absolute Gasteiger partial charge is 0.251 e. The van der Waals surface area contributed by atoms with Gasteiger partial charge in [0, 0.05) is 12.1 Å². The lowest BCUT2D eigenvalue weighted by molar-refractivity contribution is 0.0953. The number of aryl methyl sites for hydroxylation is 4. The molecule has 33 heavy (non-hydrogen) atoms. The standard InChI is InChI=1S/C27H32N2O3S/c1-20-10-12-23(13-11-20)9-6-18-28-27(30)25-16-14-24(15-17-25)19-29(33(4,31)32)26-21(2)7-5-8-22(26)3/h5,7-8,10-17H,6,9,18-19H2,1-4H3,(H,28,30). The van der Waals surface area contributed by atoms with Gasteiger partial charge in [-0.05, 0) is 68.0 Å². The Hall–Kier alpha value is -3.12. The van der Waals surface area contributed by atoms with Crippen LogP contribution in [0, 0.1) is 20.8 Å². The molecule has 0 aliphatic rings. The fourth-order valence-electron chi connectivity index (χ4n) is 3.84. The van der Waals surface area contributed by atoms with Crippen molar-refractivity contribution in [2.24, 2.45) is 0 Å². The average molecular weight is 465 g/mol. The minimum atomic E-state index is -3.47. The van der Waals surface area contributed by atoms with E-state index in [9.17, 15) is 13.2 Å². The van der Waals surface area contributed by atoms with Crippen molar-refractivity contribution in [2.45, 2.75) is 40.2 Å². The van der Waals surface area contributed by atoms with Crippen LogP contribution < -0.4 is 9.62 Å². The van der Waals surface area contributed by atoms with Gasteiger partial charge in [0.15, 0.2) is 0 Å². The Balaban J connectivity index is 1.61. The molecule has 0 aliphatic carbocycles. The highest BCUT2D eigenvalue weighted by molar-refractivity contribution is 7.92. The predicted octanol–water partition coefficient (Wildman–Crippen LogP) is 4.94. The molecule has 0 aromatic heterocycles. The molecule has 0 radical (unpaired) electrons. The normalized spacial score (nSPS) is 11.3. The molecule has 6 heteroatoms. The molecule has 0 atom stereocenters. The Kier molecular flexibility index (Phi) is 7.92. The van der Waals surface area contributed by atoms with Crippen LogP contribution in [-0.4, -0.2) is 27.1 Å². The van der Waals surface area contributed by atoms with Crippen LogP contribution >= 0.6 is 0 Å². The zero-order valence-corrected chi connectivity index (χ0v) is 20.6. The number of amides is 1. The highest BCUT2D eigenvalue weighted by Crippen LogP contribution is 2.28. The lowest BCUT2D eigenvalue weighted by Crippen LogP contribution is -2.30. The summed E-state index contributed by atoms with van der Waals surface area (Å²) >= 11 is 0. The van der Waals surface area contributed by atoms with E-state index in [1.54, 1.807) is 12.1 Å². The monoisotopic (exact) mass is 464 g/mol. The van der Waals surface area contributed by atoms with Crippen molar-refractivity contribution in [3.05, 3.63) is 100 Å². The Labute approximate surface area is 197 Å². The molecule has 5 nitrogen and oxygen atoms in total. The summed E-state index contributed by atoms with van der Waals surface area (Å²) in [6.07, 6.45) is 3.00. The molecule has 174 valence electrons. The van der Waals surface area contributed by atoms with E-state index in [1.807, 2.05) is 44.2 Å². The number of hydrogen-bond acceptors (Lipinski definition) is 3. The van der Waals surface area contributed by atoms with Crippen molar-refractivity contribution in [1.82, 2.24) is 5.32 Å². The summed E-state index contributed by atoms with van der Waals surface area (Å²) in [7, 11) is -3.47. The van der Waals surface area contributed by atoms with Gasteiger partial charge in [-0.25, -0.2) is 8.42 Å². The van der Waals surface area contributed by atoms with E-state index in [0.717, 1.165) is 29.5 Å². The number of carbonyl (C=O) groups excluding carboxylic acids is 1. The zero-order valence-electron chi connectivity index (χ0n) is 19.8. The first-order valence-electron chi connectivity index (χ1n) is 11.1. The van der Waals surface area contributed by atoms with E-state index in [2.05, 4.69) is 36.5 Å². The van der Waals surface area contributed by atoms with E-state index < -0.39 is 10.0 Å². The van der Waals surface area contributed by atoms with Crippen molar-refractivity contribution < 1.29 is 13.2 Å². The first kappa shape index (κ1) is 24.5. The summed E-state index contributed by atoms with van der Waals surface area (Å²) in [5.74, 6) is -0.125. The van der Waals surface area contributed by atoms with Crippen LogP contribution in [0.2, 0.25) is 0 Å². The van der Waals surface area contributed by atoms with Crippen LogP contribution in [0.4, 0.5) is 5.69 Å². The Morgan fingerprint density at radius 1 is 0.848 bits per heavy atom. The van der Waals surface area contributed by atoms with E-state index >= 15 is 0 Å². The van der Waals surface area contributed by atoms with E-state index in [1.165, 1.54) is 21.7 Å². The lowest BCUT2D eigenvalue weighted by atomic mass is 10.1. The minimum Gasteiger partial charge on any atom is -0.352 e. The quantitative estimate of drug-likeness (QED) is 0.456.